The first-order valence-electron chi connectivity index (χ1n) is 9.61. The maximum absolute atomic E-state index is 13.1. The second kappa shape index (κ2) is 8.71. The van der Waals surface area contributed by atoms with E-state index >= 15 is 0 Å². The molecule has 2 aromatic carbocycles. The summed E-state index contributed by atoms with van der Waals surface area (Å²) in [5.41, 5.74) is 3.45. The van der Waals surface area contributed by atoms with E-state index in [1.54, 1.807) is 12.1 Å². The molecule has 1 amide bonds. The van der Waals surface area contributed by atoms with Gasteiger partial charge in [0.15, 0.2) is 0 Å². The minimum atomic E-state index is -0.274. The number of hydrogen-bond acceptors (Lipinski definition) is 5. The monoisotopic (exact) mass is 410 g/mol. The number of amides is 1. The van der Waals surface area contributed by atoms with Crippen molar-refractivity contribution in [3.63, 3.8) is 0 Å². The van der Waals surface area contributed by atoms with Crippen molar-refractivity contribution in [2.24, 2.45) is 0 Å². The number of aromatic nitrogens is 1. The Bertz CT molecular complexity index is 980. The summed E-state index contributed by atoms with van der Waals surface area (Å²) in [5, 5.41) is 5.71. The lowest BCUT2D eigenvalue weighted by atomic mass is 10.2. The highest BCUT2D eigenvalue weighted by Crippen LogP contribution is 2.27. The molecule has 0 atom stereocenters. The zero-order valence-corrected chi connectivity index (χ0v) is 17.1. The molecule has 3 aromatic rings. The van der Waals surface area contributed by atoms with Gasteiger partial charge < -0.3 is 15.1 Å². The number of anilines is 2. The Morgan fingerprint density at radius 2 is 1.83 bits per heavy atom. The van der Waals surface area contributed by atoms with Crippen molar-refractivity contribution in [3.8, 4) is 10.6 Å². The number of nitrogens with one attached hydrogen (secondary N) is 1. The van der Waals surface area contributed by atoms with Crippen molar-refractivity contribution in [2.75, 3.05) is 43.4 Å². The van der Waals surface area contributed by atoms with Crippen LogP contribution < -0.4 is 10.2 Å². The number of carbonyl (C=O) groups excluding carboxylic acids is 1. The molecule has 0 bridgehead atoms. The molecule has 5 nitrogen and oxygen atoms in total. The third kappa shape index (κ3) is 4.81. The summed E-state index contributed by atoms with van der Waals surface area (Å²) in [4.78, 5) is 21.8. The molecule has 0 radical (unpaired) electrons. The number of halogens is 1. The molecule has 0 spiro atoms. The lowest BCUT2D eigenvalue weighted by Gasteiger charge is -2.35. The summed E-state index contributed by atoms with van der Waals surface area (Å²) in [5.74, 6) is -0.369. The van der Waals surface area contributed by atoms with E-state index in [2.05, 4.69) is 33.2 Å². The minimum Gasteiger partial charge on any atom is -0.367 e. The summed E-state index contributed by atoms with van der Waals surface area (Å²) in [6.45, 7) is 3.90. The number of para-hydroxylation sites is 2. The zero-order valence-electron chi connectivity index (χ0n) is 16.3. The van der Waals surface area contributed by atoms with Crippen LogP contribution in [0.1, 0.15) is 5.69 Å². The average Bonchev–Trinajstić information content (AvgIpc) is 3.18. The van der Waals surface area contributed by atoms with E-state index in [4.69, 9.17) is 0 Å². The van der Waals surface area contributed by atoms with Crippen molar-refractivity contribution in [1.29, 1.82) is 0 Å². The Balaban J connectivity index is 1.42. The van der Waals surface area contributed by atoms with Crippen LogP contribution in [0, 0.1) is 5.82 Å². The molecule has 0 unspecified atom stereocenters. The highest BCUT2D eigenvalue weighted by molar-refractivity contribution is 7.13. The van der Waals surface area contributed by atoms with E-state index in [9.17, 15) is 9.18 Å². The first kappa shape index (κ1) is 19.5. The number of benzene rings is 2. The molecule has 2 heterocycles. The molecule has 1 aromatic heterocycles. The zero-order chi connectivity index (χ0) is 20.2. The molecule has 0 aliphatic carbocycles. The molecule has 4 rings (SSSR count). The van der Waals surface area contributed by atoms with E-state index < -0.39 is 0 Å². The number of piperazine rings is 1. The number of rotatable bonds is 5. The number of carbonyl (C=O) groups is 1. The van der Waals surface area contributed by atoms with Crippen LogP contribution >= 0.6 is 11.3 Å². The fraction of sp³-hybridized carbons (Fsp3) is 0.273. The van der Waals surface area contributed by atoms with Gasteiger partial charge in [-0.15, -0.1) is 11.3 Å². The van der Waals surface area contributed by atoms with Gasteiger partial charge in [0.25, 0.3) is 0 Å². The summed E-state index contributed by atoms with van der Waals surface area (Å²) >= 11 is 1.46. The van der Waals surface area contributed by atoms with Gasteiger partial charge in [-0.3, -0.25) is 4.79 Å². The lowest BCUT2D eigenvalue weighted by molar-refractivity contribution is -0.115. The fourth-order valence-corrected chi connectivity index (χ4v) is 4.20. The Kier molecular flexibility index (Phi) is 5.87. The Hall–Kier alpha value is -2.77. The van der Waals surface area contributed by atoms with Crippen molar-refractivity contribution < 1.29 is 9.18 Å². The summed E-state index contributed by atoms with van der Waals surface area (Å²) < 4.78 is 13.1. The van der Waals surface area contributed by atoms with E-state index in [0.29, 0.717) is 5.69 Å². The number of thiazole rings is 1. The third-order valence-electron chi connectivity index (χ3n) is 5.01. The van der Waals surface area contributed by atoms with Gasteiger partial charge in [-0.05, 0) is 43.4 Å². The maximum Gasteiger partial charge on any atom is 0.230 e. The van der Waals surface area contributed by atoms with Gasteiger partial charge >= 0.3 is 0 Å². The molecule has 1 N–H and O–H groups in total. The van der Waals surface area contributed by atoms with Crippen LogP contribution in [0.25, 0.3) is 10.6 Å². The lowest BCUT2D eigenvalue weighted by Crippen LogP contribution is -2.44. The van der Waals surface area contributed by atoms with Crippen LogP contribution in [0.5, 0.6) is 0 Å². The van der Waals surface area contributed by atoms with Crippen molar-refractivity contribution >= 4 is 28.6 Å². The normalized spacial score (nSPS) is 14.8. The van der Waals surface area contributed by atoms with E-state index in [1.165, 1.54) is 23.5 Å². The van der Waals surface area contributed by atoms with Gasteiger partial charge in [-0.2, -0.15) is 0 Å². The first-order chi connectivity index (χ1) is 14.1. The molecular weight excluding hydrogens is 387 g/mol. The quantitative estimate of drug-likeness (QED) is 0.694. The first-order valence-corrected chi connectivity index (χ1v) is 10.5. The SMILES string of the molecule is CN1CCN(c2ccccc2NC(=O)Cc2csc(-c3ccc(F)cc3)n2)CC1. The molecule has 1 aliphatic heterocycles. The van der Waals surface area contributed by atoms with Gasteiger partial charge in [0.2, 0.25) is 5.91 Å². The van der Waals surface area contributed by atoms with Crippen LogP contribution in [0.2, 0.25) is 0 Å². The number of likely N-dealkylation sites (N-methyl/N-ethyl adjacent to an activating group) is 1. The van der Waals surface area contributed by atoms with Crippen LogP contribution in [0.15, 0.2) is 53.9 Å². The Labute approximate surface area is 173 Å². The smallest absolute Gasteiger partial charge is 0.230 e. The van der Waals surface area contributed by atoms with E-state index in [1.807, 2.05) is 23.6 Å². The summed E-state index contributed by atoms with van der Waals surface area (Å²) in [6.07, 6.45) is 0.203. The summed E-state index contributed by atoms with van der Waals surface area (Å²) in [6, 6.07) is 14.2. The van der Waals surface area contributed by atoms with Gasteiger partial charge in [0.1, 0.15) is 10.8 Å². The van der Waals surface area contributed by atoms with Crippen LogP contribution in [0.3, 0.4) is 0 Å². The maximum atomic E-state index is 13.1. The molecule has 1 fully saturated rings. The fourth-order valence-electron chi connectivity index (χ4n) is 3.37. The predicted molar refractivity (Wildman–Crippen MR) is 116 cm³/mol. The van der Waals surface area contributed by atoms with Gasteiger partial charge in [0.05, 0.1) is 23.5 Å². The molecule has 1 aliphatic rings. The van der Waals surface area contributed by atoms with Gasteiger partial charge in [-0.1, -0.05) is 12.1 Å². The summed E-state index contributed by atoms with van der Waals surface area (Å²) in [7, 11) is 2.12. The average molecular weight is 411 g/mol. The number of hydrogen-bond donors (Lipinski definition) is 1. The Morgan fingerprint density at radius 1 is 1.10 bits per heavy atom. The molecule has 150 valence electrons. The van der Waals surface area contributed by atoms with Crippen molar-refractivity contribution in [3.05, 3.63) is 65.4 Å². The highest BCUT2D eigenvalue weighted by Gasteiger charge is 2.18. The van der Waals surface area contributed by atoms with E-state index in [0.717, 1.165) is 48.1 Å². The largest absolute Gasteiger partial charge is 0.367 e. The van der Waals surface area contributed by atoms with Gasteiger partial charge in [0, 0.05) is 37.1 Å². The van der Waals surface area contributed by atoms with Crippen LogP contribution in [-0.2, 0) is 11.2 Å². The second-order valence-electron chi connectivity index (χ2n) is 7.18. The molecule has 29 heavy (non-hydrogen) atoms. The molecule has 1 saturated heterocycles. The predicted octanol–water partition coefficient (Wildman–Crippen LogP) is 3.88. The van der Waals surface area contributed by atoms with E-state index in [-0.39, 0.29) is 18.1 Å². The third-order valence-corrected chi connectivity index (χ3v) is 5.95. The molecule has 7 heteroatoms. The van der Waals surface area contributed by atoms with Crippen LogP contribution in [0.4, 0.5) is 15.8 Å². The minimum absolute atomic E-state index is 0.0949. The topological polar surface area (TPSA) is 48.5 Å². The standard InChI is InChI=1S/C22H23FN4OS/c1-26-10-12-27(13-11-26)20-5-3-2-4-19(20)25-21(28)14-18-15-29-22(24-18)16-6-8-17(23)9-7-16/h2-9,15H,10-14H2,1H3,(H,25,28). The molecule has 0 saturated carbocycles. The van der Waals surface area contributed by atoms with Crippen molar-refractivity contribution in [1.82, 2.24) is 9.88 Å². The Morgan fingerprint density at radius 3 is 2.59 bits per heavy atom. The number of nitrogens with zero attached hydrogens (tertiary/aromatic N) is 3. The van der Waals surface area contributed by atoms with Gasteiger partial charge in [-0.25, -0.2) is 9.37 Å². The second-order valence-corrected chi connectivity index (χ2v) is 8.04. The molecular formula is C22H23FN4OS. The van der Waals surface area contributed by atoms with Crippen LogP contribution in [-0.4, -0.2) is 49.0 Å². The van der Waals surface area contributed by atoms with Crippen molar-refractivity contribution in [2.45, 2.75) is 6.42 Å². The highest BCUT2D eigenvalue weighted by atomic mass is 32.1.